The molecular weight excluding hydrogens is 422 g/mol. The number of aliphatic hydroxyl groups is 1. The standard InChI is InChI=1S/C27H29F2N2O2/c1-3-17-15-31(16-22-23(28)5-4-6-24(22)29)12-10-18(17)13-26(31)27(32)20-9-11-30-25-8-7-19(33-2)14-21(20)25/h3-9,11,14,17-18,26-27,32H,1,10,12-13,15-16H2,2H3/q+1/t17?,18?,26?,27-,31?/m0/s1. The largest absolute Gasteiger partial charge is 0.497 e. The first-order valence-corrected chi connectivity index (χ1v) is 11.5. The maximum absolute atomic E-state index is 14.7. The highest BCUT2D eigenvalue weighted by Crippen LogP contribution is 2.48. The predicted octanol–water partition coefficient (Wildman–Crippen LogP) is 5.17. The topological polar surface area (TPSA) is 42.4 Å². The summed E-state index contributed by atoms with van der Waals surface area (Å²) in [6.45, 7) is 5.73. The SMILES string of the molecule is C=CC1C[N+]2(Cc3c(F)cccc3F)CCC1CC2[C@@H](O)c1ccnc2ccc(OC)cc12. The molecule has 1 N–H and O–H groups in total. The number of methoxy groups -OCH3 is 1. The van der Waals surface area contributed by atoms with E-state index in [4.69, 9.17) is 4.74 Å². The Morgan fingerprint density at radius 1 is 1.24 bits per heavy atom. The van der Waals surface area contributed by atoms with Crippen LogP contribution in [0.4, 0.5) is 8.78 Å². The van der Waals surface area contributed by atoms with Crippen LogP contribution in [0, 0.1) is 23.5 Å². The van der Waals surface area contributed by atoms with Crippen LogP contribution in [0.1, 0.15) is 30.1 Å². The molecule has 172 valence electrons. The molecule has 4 nitrogen and oxygen atoms in total. The Hall–Kier alpha value is -2.83. The van der Waals surface area contributed by atoms with E-state index in [-0.39, 0.29) is 24.1 Å². The molecule has 4 unspecified atom stereocenters. The Labute approximate surface area is 192 Å². The van der Waals surface area contributed by atoms with Crippen molar-refractivity contribution in [2.45, 2.75) is 31.5 Å². The second-order valence-electron chi connectivity index (χ2n) is 9.46. The quantitative estimate of drug-likeness (QED) is 0.416. The van der Waals surface area contributed by atoms with Crippen LogP contribution in [0.3, 0.4) is 0 Å². The average molecular weight is 452 g/mol. The zero-order valence-corrected chi connectivity index (χ0v) is 18.8. The average Bonchev–Trinajstić information content (AvgIpc) is 2.85. The molecule has 0 radical (unpaired) electrons. The Bertz CT molecular complexity index is 1180. The molecule has 0 aliphatic carbocycles. The van der Waals surface area contributed by atoms with Crippen LogP contribution in [-0.4, -0.2) is 40.8 Å². The van der Waals surface area contributed by atoms with E-state index in [0.29, 0.717) is 16.2 Å². The molecule has 33 heavy (non-hydrogen) atoms. The molecule has 4 heterocycles. The summed E-state index contributed by atoms with van der Waals surface area (Å²) in [6.07, 6.45) is 4.62. The fourth-order valence-electron chi connectivity index (χ4n) is 6.12. The zero-order chi connectivity index (χ0) is 23.2. The van der Waals surface area contributed by atoms with E-state index in [2.05, 4.69) is 11.6 Å². The third kappa shape index (κ3) is 3.71. The Morgan fingerprint density at radius 3 is 2.76 bits per heavy atom. The van der Waals surface area contributed by atoms with Crippen molar-refractivity contribution in [3.63, 3.8) is 0 Å². The Morgan fingerprint density at radius 2 is 2.03 bits per heavy atom. The molecule has 3 saturated heterocycles. The van der Waals surface area contributed by atoms with Crippen molar-refractivity contribution in [1.29, 1.82) is 0 Å². The first kappa shape index (κ1) is 22.0. The number of aromatic nitrogens is 1. The van der Waals surface area contributed by atoms with Crippen LogP contribution in [0.25, 0.3) is 10.9 Å². The number of hydrogen-bond donors (Lipinski definition) is 1. The molecule has 0 spiro atoms. The molecule has 6 rings (SSSR count). The minimum absolute atomic E-state index is 0.0964. The third-order valence-corrected chi connectivity index (χ3v) is 7.88. The van der Waals surface area contributed by atoms with Crippen LogP contribution in [0.5, 0.6) is 5.75 Å². The summed E-state index contributed by atoms with van der Waals surface area (Å²) in [7, 11) is 1.61. The Kier molecular flexibility index (Phi) is 5.67. The molecule has 3 aliphatic heterocycles. The van der Waals surface area contributed by atoms with Crippen LogP contribution >= 0.6 is 0 Å². The number of pyridine rings is 1. The summed E-state index contributed by atoms with van der Waals surface area (Å²) in [5.41, 5.74) is 1.65. The van der Waals surface area contributed by atoms with E-state index in [1.807, 2.05) is 30.3 Å². The molecule has 6 heteroatoms. The number of piperidine rings is 3. The molecule has 3 aliphatic rings. The number of ether oxygens (including phenoxy) is 1. The lowest BCUT2D eigenvalue weighted by Crippen LogP contribution is -2.67. The van der Waals surface area contributed by atoms with Gasteiger partial charge in [-0.25, -0.2) is 8.78 Å². The summed E-state index contributed by atoms with van der Waals surface area (Å²) in [4.78, 5) is 4.44. The van der Waals surface area contributed by atoms with Gasteiger partial charge < -0.3 is 14.3 Å². The van der Waals surface area contributed by atoms with E-state index >= 15 is 0 Å². The molecular formula is C27H29F2N2O2+. The van der Waals surface area contributed by atoms with Gasteiger partial charge in [-0.05, 0) is 47.9 Å². The molecule has 0 amide bonds. The molecule has 2 aromatic carbocycles. The van der Waals surface area contributed by atoms with Crippen molar-refractivity contribution in [2.24, 2.45) is 11.8 Å². The monoisotopic (exact) mass is 451 g/mol. The number of rotatable bonds is 6. The maximum atomic E-state index is 14.7. The fraction of sp³-hybridized carbons (Fsp3) is 0.370. The number of fused-ring (bicyclic) bond motifs is 4. The van der Waals surface area contributed by atoms with Gasteiger partial charge in [-0.1, -0.05) is 12.1 Å². The number of hydrogen-bond acceptors (Lipinski definition) is 3. The smallest absolute Gasteiger partial charge is 0.135 e. The lowest BCUT2D eigenvalue weighted by atomic mass is 9.71. The number of halogens is 2. The molecule has 3 fully saturated rings. The summed E-state index contributed by atoms with van der Waals surface area (Å²) in [5.74, 6) is 0.315. The van der Waals surface area contributed by atoms with Crippen LogP contribution < -0.4 is 4.74 Å². The van der Waals surface area contributed by atoms with Gasteiger partial charge in [0.2, 0.25) is 0 Å². The first-order chi connectivity index (χ1) is 16.0. The van der Waals surface area contributed by atoms with Crippen LogP contribution in [0.15, 0.2) is 61.3 Å². The molecule has 1 aromatic heterocycles. The van der Waals surface area contributed by atoms with Gasteiger partial charge in [-0.2, -0.15) is 0 Å². The predicted molar refractivity (Wildman–Crippen MR) is 124 cm³/mol. The van der Waals surface area contributed by atoms with Crippen molar-refractivity contribution in [3.8, 4) is 5.75 Å². The van der Waals surface area contributed by atoms with Crippen molar-refractivity contribution in [3.05, 3.63) is 84.1 Å². The van der Waals surface area contributed by atoms with E-state index < -0.39 is 17.7 Å². The summed E-state index contributed by atoms with van der Waals surface area (Å²) in [6, 6.07) is 11.3. The number of nitrogens with zero attached hydrogens (tertiary/aromatic N) is 2. The van der Waals surface area contributed by atoms with E-state index in [0.717, 1.165) is 42.4 Å². The van der Waals surface area contributed by atoms with Gasteiger partial charge in [0.1, 0.15) is 36.1 Å². The molecule has 5 atom stereocenters. The highest BCUT2D eigenvalue weighted by molar-refractivity contribution is 5.83. The van der Waals surface area contributed by atoms with E-state index in [1.54, 1.807) is 13.3 Å². The van der Waals surface area contributed by atoms with Gasteiger partial charge >= 0.3 is 0 Å². The van der Waals surface area contributed by atoms with Gasteiger partial charge in [0.25, 0.3) is 0 Å². The van der Waals surface area contributed by atoms with Gasteiger partial charge in [-0.15, -0.1) is 6.58 Å². The van der Waals surface area contributed by atoms with Crippen molar-refractivity contribution >= 4 is 10.9 Å². The lowest BCUT2D eigenvalue weighted by Gasteiger charge is -2.58. The van der Waals surface area contributed by atoms with Gasteiger partial charge in [0, 0.05) is 30.3 Å². The highest BCUT2D eigenvalue weighted by atomic mass is 19.1. The van der Waals surface area contributed by atoms with E-state index in [1.165, 1.54) is 18.2 Å². The minimum atomic E-state index is -0.800. The van der Waals surface area contributed by atoms with Crippen molar-refractivity contribution in [2.75, 3.05) is 20.2 Å². The van der Waals surface area contributed by atoms with Gasteiger partial charge in [0.15, 0.2) is 0 Å². The lowest BCUT2D eigenvalue weighted by molar-refractivity contribution is -0.985. The normalized spacial score (nSPS) is 27.5. The molecule has 0 saturated carbocycles. The second kappa shape index (κ2) is 8.50. The number of benzene rings is 2. The third-order valence-electron chi connectivity index (χ3n) is 7.88. The summed E-state index contributed by atoms with van der Waals surface area (Å²) < 4.78 is 35.2. The van der Waals surface area contributed by atoms with Crippen molar-refractivity contribution < 1.29 is 23.1 Å². The van der Waals surface area contributed by atoms with Crippen molar-refractivity contribution in [1.82, 2.24) is 4.98 Å². The summed E-state index contributed by atoms with van der Waals surface area (Å²) in [5, 5.41) is 12.6. The zero-order valence-electron chi connectivity index (χ0n) is 18.8. The van der Waals surface area contributed by atoms with Gasteiger partial charge in [-0.3, -0.25) is 4.98 Å². The van der Waals surface area contributed by atoms with Crippen LogP contribution in [-0.2, 0) is 6.54 Å². The first-order valence-electron chi connectivity index (χ1n) is 11.5. The minimum Gasteiger partial charge on any atom is -0.497 e. The molecule has 3 aromatic rings. The summed E-state index contributed by atoms with van der Waals surface area (Å²) >= 11 is 0. The van der Waals surface area contributed by atoms with Gasteiger partial charge in [0.05, 0.1) is 31.3 Å². The number of aliphatic hydroxyl groups excluding tert-OH is 1. The van der Waals surface area contributed by atoms with E-state index in [9.17, 15) is 13.9 Å². The maximum Gasteiger partial charge on any atom is 0.135 e. The highest BCUT2D eigenvalue weighted by Gasteiger charge is 2.54. The molecule has 2 bridgehead atoms. The fourth-order valence-corrected chi connectivity index (χ4v) is 6.12. The van der Waals surface area contributed by atoms with Crippen LogP contribution in [0.2, 0.25) is 0 Å². The number of quaternary nitrogens is 1. The second-order valence-corrected chi connectivity index (χ2v) is 9.46. The Balaban J connectivity index is 1.59.